The molecule has 4 heteroatoms. The molecule has 2 heterocycles. The fourth-order valence-electron chi connectivity index (χ4n) is 2.37. The van der Waals surface area contributed by atoms with Crippen LogP contribution in [-0.2, 0) is 0 Å². The normalized spacial score (nSPS) is 16.5. The topological polar surface area (TPSA) is 29.3 Å². The van der Waals surface area contributed by atoms with Gasteiger partial charge in [-0.1, -0.05) is 19.1 Å². The quantitative estimate of drug-likeness (QED) is 0.861. The molecule has 2 nitrogen and oxygen atoms in total. The van der Waals surface area contributed by atoms with Crippen LogP contribution in [-0.4, -0.2) is 18.0 Å². The molecule has 0 aliphatic rings. The van der Waals surface area contributed by atoms with Crippen LogP contribution in [0.2, 0.25) is 0 Å². The lowest BCUT2D eigenvalue weighted by molar-refractivity contribution is 0.163. The van der Waals surface area contributed by atoms with E-state index in [1.807, 2.05) is 11.3 Å². The smallest absolute Gasteiger partial charge is 0.0596 e. The Hall–Kier alpha value is -0.680. The molecule has 0 fully saturated rings. The molecule has 2 rings (SSSR count). The van der Waals surface area contributed by atoms with Crippen LogP contribution in [0.5, 0.6) is 0 Å². The standard InChI is InChI=1S/C15H22N2S2/c1-4-12(16)15(14-8-6-10-19-14)17(3)11(2)13-7-5-9-18-13/h5-12,15H,4,16H2,1-3H3. The van der Waals surface area contributed by atoms with E-state index in [1.54, 1.807) is 11.3 Å². The van der Waals surface area contributed by atoms with E-state index in [0.717, 1.165) is 6.42 Å². The molecule has 0 saturated heterocycles. The van der Waals surface area contributed by atoms with Crippen molar-refractivity contribution in [3.05, 3.63) is 44.8 Å². The van der Waals surface area contributed by atoms with Crippen LogP contribution >= 0.6 is 22.7 Å². The predicted molar refractivity (Wildman–Crippen MR) is 85.8 cm³/mol. The number of nitrogens with zero attached hydrogens (tertiary/aromatic N) is 1. The Morgan fingerprint density at radius 2 is 1.74 bits per heavy atom. The fraction of sp³-hybridized carbons (Fsp3) is 0.467. The van der Waals surface area contributed by atoms with Gasteiger partial charge in [0.1, 0.15) is 0 Å². The lowest BCUT2D eigenvalue weighted by Crippen LogP contribution is -2.39. The van der Waals surface area contributed by atoms with Crippen LogP contribution in [0.1, 0.15) is 42.1 Å². The van der Waals surface area contributed by atoms with E-state index < -0.39 is 0 Å². The van der Waals surface area contributed by atoms with Crippen molar-refractivity contribution in [3.63, 3.8) is 0 Å². The molecule has 104 valence electrons. The highest BCUT2D eigenvalue weighted by Crippen LogP contribution is 2.35. The summed E-state index contributed by atoms with van der Waals surface area (Å²) in [5.74, 6) is 0. The molecule has 2 aromatic rings. The van der Waals surface area contributed by atoms with Gasteiger partial charge in [0.2, 0.25) is 0 Å². The summed E-state index contributed by atoms with van der Waals surface area (Å²) in [5.41, 5.74) is 6.37. The van der Waals surface area contributed by atoms with E-state index in [-0.39, 0.29) is 6.04 Å². The van der Waals surface area contributed by atoms with Gasteiger partial charge in [0.15, 0.2) is 0 Å². The van der Waals surface area contributed by atoms with Crippen LogP contribution in [0.3, 0.4) is 0 Å². The van der Waals surface area contributed by atoms with Gasteiger partial charge in [-0.3, -0.25) is 4.90 Å². The number of rotatable bonds is 6. The van der Waals surface area contributed by atoms with E-state index in [4.69, 9.17) is 5.73 Å². The number of hydrogen-bond donors (Lipinski definition) is 1. The maximum absolute atomic E-state index is 6.37. The number of thiophene rings is 2. The van der Waals surface area contributed by atoms with Gasteiger partial charge in [-0.15, -0.1) is 22.7 Å². The third-order valence-electron chi connectivity index (χ3n) is 3.72. The third kappa shape index (κ3) is 3.26. The Bertz CT molecular complexity index is 464. The summed E-state index contributed by atoms with van der Waals surface area (Å²) in [7, 11) is 2.18. The fourth-order valence-corrected chi connectivity index (χ4v) is 4.15. The Morgan fingerprint density at radius 1 is 1.16 bits per heavy atom. The highest BCUT2D eigenvalue weighted by Gasteiger charge is 2.28. The summed E-state index contributed by atoms with van der Waals surface area (Å²) in [6.45, 7) is 4.42. The second kappa shape index (κ2) is 6.66. The highest BCUT2D eigenvalue weighted by molar-refractivity contribution is 7.10. The Kier molecular flexibility index (Phi) is 5.16. The molecule has 2 aromatic heterocycles. The van der Waals surface area contributed by atoms with E-state index in [2.05, 4.69) is 60.8 Å². The Labute approximate surface area is 123 Å². The molecule has 3 atom stereocenters. The summed E-state index contributed by atoms with van der Waals surface area (Å²) in [4.78, 5) is 5.17. The first-order chi connectivity index (χ1) is 9.15. The molecular weight excluding hydrogens is 272 g/mol. The number of likely N-dealkylation sites (N-methyl/N-ethyl adjacent to an activating group) is 1. The van der Waals surface area contributed by atoms with Crippen LogP contribution in [0.4, 0.5) is 0 Å². The second-order valence-electron chi connectivity index (χ2n) is 4.89. The van der Waals surface area contributed by atoms with Crippen molar-refractivity contribution in [2.45, 2.75) is 38.4 Å². The Morgan fingerprint density at radius 3 is 2.21 bits per heavy atom. The average Bonchev–Trinajstić information content (AvgIpc) is 3.10. The minimum absolute atomic E-state index is 0.172. The lowest BCUT2D eigenvalue weighted by atomic mass is 10.0. The minimum atomic E-state index is 0.172. The lowest BCUT2D eigenvalue weighted by Gasteiger charge is -2.35. The van der Waals surface area contributed by atoms with E-state index >= 15 is 0 Å². The Balaban J connectivity index is 2.23. The molecule has 0 amide bonds. The van der Waals surface area contributed by atoms with Crippen LogP contribution in [0.25, 0.3) is 0 Å². The molecule has 19 heavy (non-hydrogen) atoms. The van der Waals surface area contributed by atoms with Gasteiger partial charge in [-0.05, 0) is 43.3 Å². The zero-order chi connectivity index (χ0) is 13.8. The van der Waals surface area contributed by atoms with Crippen molar-refractivity contribution in [1.29, 1.82) is 0 Å². The monoisotopic (exact) mass is 294 g/mol. The van der Waals surface area contributed by atoms with Gasteiger partial charge in [0, 0.05) is 21.8 Å². The first-order valence-corrected chi connectivity index (χ1v) is 8.45. The van der Waals surface area contributed by atoms with Crippen LogP contribution < -0.4 is 5.73 Å². The van der Waals surface area contributed by atoms with Gasteiger partial charge in [0.05, 0.1) is 6.04 Å². The summed E-state index contributed by atoms with van der Waals surface area (Å²) < 4.78 is 0. The van der Waals surface area contributed by atoms with Crippen LogP contribution in [0.15, 0.2) is 35.0 Å². The van der Waals surface area contributed by atoms with Crippen molar-refractivity contribution >= 4 is 22.7 Å². The molecule has 0 aromatic carbocycles. The molecule has 2 N–H and O–H groups in total. The van der Waals surface area contributed by atoms with Crippen LogP contribution in [0, 0.1) is 0 Å². The number of hydrogen-bond acceptors (Lipinski definition) is 4. The summed E-state index contributed by atoms with van der Waals surface area (Å²) in [6.07, 6.45) is 0.990. The SMILES string of the molecule is CCC(N)C(c1cccs1)N(C)C(C)c1cccs1. The largest absolute Gasteiger partial charge is 0.326 e. The van der Waals surface area contributed by atoms with E-state index in [0.29, 0.717) is 12.1 Å². The summed E-state index contributed by atoms with van der Waals surface area (Å²) in [6, 6.07) is 9.48. The molecule has 0 aliphatic heterocycles. The van der Waals surface area contributed by atoms with E-state index in [9.17, 15) is 0 Å². The summed E-state index contributed by atoms with van der Waals surface area (Å²) in [5, 5.41) is 4.27. The van der Waals surface area contributed by atoms with Crippen molar-refractivity contribution in [3.8, 4) is 0 Å². The van der Waals surface area contributed by atoms with Crippen molar-refractivity contribution < 1.29 is 0 Å². The van der Waals surface area contributed by atoms with Gasteiger partial charge >= 0.3 is 0 Å². The van der Waals surface area contributed by atoms with Crippen molar-refractivity contribution in [2.75, 3.05) is 7.05 Å². The van der Waals surface area contributed by atoms with Gasteiger partial charge in [-0.25, -0.2) is 0 Å². The molecule has 0 aliphatic carbocycles. The van der Waals surface area contributed by atoms with E-state index in [1.165, 1.54) is 9.75 Å². The van der Waals surface area contributed by atoms with Gasteiger partial charge in [0.25, 0.3) is 0 Å². The molecule has 0 saturated carbocycles. The first-order valence-electron chi connectivity index (χ1n) is 6.69. The molecule has 0 spiro atoms. The maximum atomic E-state index is 6.37. The molecular formula is C15H22N2S2. The average molecular weight is 294 g/mol. The highest BCUT2D eigenvalue weighted by atomic mass is 32.1. The second-order valence-corrected chi connectivity index (χ2v) is 6.85. The first kappa shape index (κ1) is 14.7. The van der Waals surface area contributed by atoms with Crippen molar-refractivity contribution in [1.82, 2.24) is 4.90 Å². The predicted octanol–water partition coefficient (Wildman–Crippen LogP) is 4.28. The molecule has 0 radical (unpaired) electrons. The third-order valence-corrected chi connectivity index (χ3v) is 5.70. The zero-order valence-electron chi connectivity index (χ0n) is 11.7. The van der Waals surface area contributed by atoms with Gasteiger partial charge < -0.3 is 5.73 Å². The van der Waals surface area contributed by atoms with Crippen molar-refractivity contribution in [2.24, 2.45) is 5.73 Å². The number of nitrogens with two attached hydrogens (primary N) is 1. The zero-order valence-corrected chi connectivity index (χ0v) is 13.4. The minimum Gasteiger partial charge on any atom is -0.326 e. The molecule has 3 unspecified atom stereocenters. The molecule has 0 bridgehead atoms. The van der Waals surface area contributed by atoms with Gasteiger partial charge in [-0.2, -0.15) is 0 Å². The summed E-state index contributed by atoms with van der Waals surface area (Å²) >= 11 is 3.61. The maximum Gasteiger partial charge on any atom is 0.0596 e.